The number of aromatic nitrogens is 1. The van der Waals surface area contributed by atoms with E-state index in [1.807, 2.05) is 24.3 Å². The van der Waals surface area contributed by atoms with E-state index in [9.17, 15) is 0 Å². The fraction of sp³-hybridized carbons (Fsp3) is 0.357. The van der Waals surface area contributed by atoms with Crippen molar-refractivity contribution in [3.05, 3.63) is 39.2 Å². The Kier molecular flexibility index (Phi) is 4.75. The maximum absolute atomic E-state index is 5.90. The molecule has 0 fully saturated rings. The van der Waals surface area contributed by atoms with Gasteiger partial charge in [-0.2, -0.15) is 0 Å². The molecule has 0 unspecified atom stereocenters. The molecule has 0 saturated carbocycles. The monoisotopic (exact) mass is 280 g/mol. The van der Waals surface area contributed by atoms with Gasteiger partial charge in [0.15, 0.2) is 0 Å². The van der Waals surface area contributed by atoms with Gasteiger partial charge in [-0.1, -0.05) is 23.7 Å². The summed E-state index contributed by atoms with van der Waals surface area (Å²) in [5.74, 6) is 0. The topological polar surface area (TPSA) is 38.9 Å². The second-order valence-electron chi connectivity index (χ2n) is 4.27. The van der Waals surface area contributed by atoms with E-state index < -0.39 is 0 Å². The summed E-state index contributed by atoms with van der Waals surface area (Å²) in [5.41, 5.74) is 7.72. The lowest BCUT2D eigenvalue weighted by molar-refractivity contribution is 0.742. The van der Waals surface area contributed by atoms with Gasteiger partial charge >= 0.3 is 0 Å². The highest BCUT2D eigenvalue weighted by Crippen LogP contribution is 2.29. The lowest BCUT2D eigenvalue weighted by Gasteiger charge is -1.98. The normalized spacial score (nSPS) is 10.8. The average Bonchev–Trinajstić information content (AvgIpc) is 2.72. The van der Waals surface area contributed by atoms with Crippen LogP contribution in [-0.4, -0.2) is 11.5 Å². The van der Waals surface area contributed by atoms with Crippen molar-refractivity contribution in [3.63, 3.8) is 0 Å². The Balaban J connectivity index is 2.16. The largest absolute Gasteiger partial charge is 0.330 e. The summed E-state index contributed by atoms with van der Waals surface area (Å²) in [4.78, 5) is 5.98. The number of nitrogens with zero attached hydrogens (tertiary/aromatic N) is 1. The maximum atomic E-state index is 5.90. The molecule has 0 saturated heterocycles. The number of unbranched alkanes of at least 4 members (excludes halogenated alkanes) is 1. The molecule has 2 N–H and O–H groups in total. The van der Waals surface area contributed by atoms with Gasteiger partial charge in [-0.05, 0) is 44.9 Å². The van der Waals surface area contributed by atoms with Gasteiger partial charge in [0.05, 0.1) is 10.7 Å². The zero-order chi connectivity index (χ0) is 13.0. The fourth-order valence-electron chi connectivity index (χ4n) is 1.85. The van der Waals surface area contributed by atoms with Crippen LogP contribution in [0.3, 0.4) is 0 Å². The first-order chi connectivity index (χ1) is 8.70. The van der Waals surface area contributed by atoms with Crippen LogP contribution in [0.2, 0.25) is 5.02 Å². The van der Waals surface area contributed by atoms with Crippen LogP contribution >= 0.6 is 22.9 Å². The summed E-state index contributed by atoms with van der Waals surface area (Å²) in [7, 11) is 0. The van der Waals surface area contributed by atoms with E-state index in [0.29, 0.717) is 0 Å². The molecule has 0 aliphatic heterocycles. The van der Waals surface area contributed by atoms with Crippen LogP contribution in [0.4, 0.5) is 0 Å². The van der Waals surface area contributed by atoms with Crippen molar-refractivity contribution in [2.75, 3.05) is 6.54 Å². The van der Waals surface area contributed by atoms with Crippen LogP contribution < -0.4 is 5.73 Å². The molecule has 0 atom stereocenters. The summed E-state index contributed by atoms with van der Waals surface area (Å²) in [6, 6.07) is 7.86. The standard InChI is InChI=1S/C14H17ClN2S/c1-10-14(11-5-7-12(15)8-6-11)17-13(18-10)4-2-3-9-16/h5-8H,2-4,9,16H2,1H3. The smallest absolute Gasteiger partial charge is 0.0935 e. The molecule has 2 rings (SSSR count). The zero-order valence-corrected chi connectivity index (χ0v) is 12.0. The van der Waals surface area contributed by atoms with Gasteiger partial charge in [-0.25, -0.2) is 4.98 Å². The van der Waals surface area contributed by atoms with Crippen molar-refractivity contribution >= 4 is 22.9 Å². The number of hydrogen-bond acceptors (Lipinski definition) is 3. The highest BCUT2D eigenvalue weighted by molar-refractivity contribution is 7.12. The highest BCUT2D eigenvalue weighted by Gasteiger charge is 2.09. The quantitative estimate of drug-likeness (QED) is 0.839. The van der Waals surface area contributed by atoms with Crippen molar-refractivity contribution < 1.29 is 0 Å². The summed E-state index contributed by atoms with van der Waals surface area (Å²) < 4.78 is 0. The van der Waals surface area contributed by atoms with Crippen molar-refractivity contribution in [3.8, 4) is 11.3 Å². The first kappa shape index (κ1) is 13.5. The molecule has 0 amide bonds. The average molecular weight is 281 g/mol. The van der Waals surface area contributed by atoms with Crippen molar-refractivity contribution in [2.24, 2.45) is 5.73 Å². The molecule has 18 heavy (non-hydrogen) atoms. The molecule has 0 aliphatic rings. The molecule has 0 spiro atoms. The summed E-state index contributed by atoms with van der Waals surface area (Å²) in [6.45, 7) is 2.88. The van der Waals surface area contributed by atoms with Crippen LogP contribution in [0.25, 0.3) is 11.3 Å². The van der Waals surface area contributed by atoms with Gasteiger partial charge in [-0.15, -0.1) is 11.3 Å². The number of rotatable bonds is 5. The molecule has 2 nitrogen and oxygen atoms in total. The molecule has 1 heterocycles. The Bertz CT molecular complexity index is 505. The number of hydrogen-bond donors (Lipinski definition) is 1. The van der Waals surface area contributed by atoms with Gasteiger partial charge in [0.2, 0.25) is 0 Å². The van der Waals surface area contributed by atoms with E-state index in [1.54, 1.807) is 11.3 Å². The van der Waals surface area contributed by atoms with Gasteiger partial charge in [-0.3, -0.25) is 0 Å². The minimum absolute atomic E-state index is 0.758. The van der Waals surface area contributed by atoms with Crippen LogP contribution in [0.15, 0.2) is 24.3 Å². The van der Waals surface area contributed by atoms with Gasteiger partial charge < -0.3 is 5.73 Å². The zero-order valence-electron chi connectivity index (χ0n) is 10.4. The first-order valence-corrected chi connectivity index (χ1v) is 7.32. The second kappa shape index (κ2) is 6.32. The number of aryl methyl sites for hydroxylation is 2. The predicted octanol–water partition coefficient (Wildman–Crippen LogP) is 4.05. The number of benzene rings is 1. The Morgan fingerprint density at radius 2 is 1.94 bits per heavy atom. The van der Waals surface area contributed by atoms with Crippen molar-refractivity contribution in [2.45, 2.75) is 26.2 Å². The third kappa shape index (κ3) is 3.31. The Morgan fingerprint density at radius 1 is 1.22 bits per heavy atom. The summed E-state index contributed by atoms with van der Waals surface area (Å²) >= 11 is 7.68. The van der Waals surface area contributed by atoms with E-state index in [4.69, 9.17) is 22.3 Å². The SMILES string of the molecule is Cc1sc(CCCCN)nc1-c1ccc(Cl)cc1. The van der Waals surface area contributed by atoms with E-state index >= 15 is 0 Å². The summed E-state index contributed by atoms with van der Waals surface area (Å²) in [5, 5.41) is 1.96. The molecular formula is C14H17ClN2S. The molecule has 1 aromatic heterocycles. The minimum atomic E-state index is 0.758. The molecule has 4 heteroatoms. The van der Waals surface area contributed by atoms with E-state index in [-0.39, 0.29) is 0 Å². The minimum Gasteiger partial charge on any atom is -0.330 e. The first-order valence-electron chi connectivity index (χ1n) is 6.13. The van der Waals surface area contributed by atoms with Crippen LogP contribution in [0.5, 0.6) is 0 Å². The number of halogens is 1. The number of nitrogens with two attached hydrogens (primary N) is 1. The Morgan fingerprint density at radius 3 is 2.61 bits per heavy atom. The molecule has 2 aromatic rings. The van der Waals surface area contributed by atoms with E-state index in [2.05, 4.69) is 6.92 Å². The van der Waals surface area contributed by atoms with Crippen LogP contribution in [0.1, 0.15) is 22.7 Å². The lowest BCUT2D eigenvalue weighted by atomic mass is 10.1. The lowest BCUT2D eigenvalue weighted by Crippen LogP contribution is -1.98. The molecule has 1 aromatic carbocycles. The van der Waals surface area contributed by atoms with Crippen molar-refractivity contribution in [1.82, 2.24) is 4.98 Å². The predicted molar refractivity (Wildman–Crippen MR) is 79.3 cm³/mol. The third-order valence-electron chi connectivity index (χ3n) is 2.80. The second-order valence-corrected chi connectivity index (χ2v) is 5.99. The van der Waals surface area contributed by atoms with Gasteiger partial charge in [0.1, 0.15) is 0 Å². The van der Waals surface area contributed by atoms with E-state index in [0.717, 1.165) is 42.1 Å². The number of thiazole rings is 1. The molecule has 0 aliphatic carbocycles. The molecular weight excluding hydrogens is 264 g/mol. The molecule has 96 valence electrons. The maximum Gasteiger partial charge on any atom is 0.0935 e. The fourth-order valence-corrected chi connectivity index (χ4v) is 2.98. The highest BCUT2D eigenvalue weighted by atomic mass is 35.5. The van der Waals surface area contributed by atoms with E-state index in [1.165, 1.54) is 9.88 Å². The Labute approximate surface area is 117 Å². The molecule has 0 bridgehead atoms. The van der Waals surface area contributed by atoms with Gasteiger partial charge in [0.25, 0.3) is 0 Å². The van der Waals surface area contributed by atoms with Crippen molar-refractivity contribution in [1.29, 1.82) is 0 Å². The summed E-state index contributed by atoms with van der Waals surface area (Å²) in [6.07, 6.45) is 3.20. The van der Waals surface area contributed by atoms with Gasteiger partial charge in [0, 0.05) is 15.5 Å². The molecule has 0 radical (unpaired) electrons. The van der Waals surface area contributed by atoms with Crippen LogP contribution in [0, 0.1) is 6.92 Å². The Hall–Kier alpha value is -0.900. The van der Waals surface area contributed by atoms with Crippen LogP contribution in [-0.2, 0) is 6.42 Å². The third-order valence-corrected chi connectivity index (χ3v) is 4.09.